The average Bonchev–Trinajstić information content (AvgIpc) is 2.94. The second kappa shape index (κ2) is 3.48. The van der Waals surface area contributed by atoms with Crippen molar-refractivity contribution in [1.29, 1.82) is 0 Å². The maximum Gasteiger partial charge on any atom is 0.124 e. The molecule has 1 aliphatic carbocycles. The zero-order chi connectivity index (χ0) is 11.1. The van der Waals surface area contributed by atoms with Crippen LogP contribution in [0.2, 0.25) is 0 Å². The van der Waals surface area contributed by atoms with Gasteiger partial charge in [0.1, 0.15) is 6.29 Å². The summed E-state index contributed by atoms with van der Waals surface area (Å²) in [5.74, 6) is 0.774. The molecule has 80 valence electrons. The van der Waals surface area contributed by atoms with Gasteiger partial charge in [-0.2, -0.15) is 0 Å². The zero-order valence-corrected chi connectivity index (χ0v) is 9.66. The Bertz CT molecular complexity index is 363. The smallest absolute Gasteiger partial charge is 0.124 e. The summed E-state index contributed by atoms with van der Waals surface area (Å²) >= 11 is 0. The van der Waals surface area contributed by atoms with Gasteiger partial charge < -0.3 is 4.79 Å². The minimum Gasteiger partial charge on any atom is -0.303 e. The van der Waals surface area contributed by atoms with E-state index in [2.05, 4.69) is 45.0 Å². The van der Waals surface area contributed by atoms with Gasteiger partial charge in [-0.25, -0.2) is 0 Å². The van der Waals surface area contributed by atoms with Crippen molar-refractivity contribution in [2.75, 3.05) is 0 Å². The van der Waals surface area contributed by atoms with Crippen molar-refractivity contribution in [3.63, 3.8) is 0 Å². The second-order valence-electron chi connectivity index (χ2n) is 5.01. The van der Waals surface area contributed by atoms with Gasteiger partial charge in [-0.3, -0.25) is 0 Å². The third-order valence-electron chi connectivity index (χ3n) is 3.84. The summed E-state index contributed by atoms with van der Waals surface area (Å²) < 4.78 is 0. The van der Waals surface area contributed by atoms with Crippen LogP contribution in [0, 0.1) is 18.8 Å². The maximum absolute atomic E-state index is 10.9. The molecule has 0 radical (unpaired) electrons. The lowest BCUT2D eigenvalue weighted by molar-refractivity contribution is -0.109. The zero-order valence-electron chi connectivity index (χ0n) is 9.66. The molecule has 0 aliphatic heterocycles. The van der Waals surface area contributed by atoms with Crippen LogP contribution in [0.1, 0.15) is 31.4 Å². The van der Waals surface area contributed by atoms with E-state index in [-0.39, 0.29) is 11.3 Å². The summed E-state index contributed by atoms with van der Waals surface area (Å²) in [6.45, 7) is 6.52. The molecule has 0 saturated heterocycles. The first kappa shape index (κ1) is 10.4. The summed E-state index contributed by atoms with van der Waals surface area (Å²) in [5.41, 5.74) is 2.75. The van der Waals surface area contributed by atoms with E-state index in [4.69, 9.17) is 0 Å². The van der Waals surface area contributed by atoms with E-state index in [1.165, 1.54) is 11.1 Å². The average molecular weight is 202 g/mol. The van der Waals surface area contributed by atoms with Crippen LogP contribution in [0.4, 0.5) is 0 Å². The molecule has 0 amide bonds. The number of rotatable bonds is 3. The van der Waals surface area contributed by atoms with E-state index in [9.17, 15) is 4.79 Å². The van der Waals surface area contributed by atoms with Crippen LogP contribution < -0.4 is 0 Å². The van der Waals surface area contributed by atoms with Crippen LogP contribution in [0.25, 0.3) is 0 Å². The molecule has 0 aromatic heterocycles. The monoisotopic (exact) mass is 202 g/mol. The number of aldehydes is 1. The van der Waals surface area contributed by atoms with Gasteiger partial charge in [-0.05, 0) is 24.8 Å². The molecule has 1 aromatic carbocycles. The quantitative estimate of drug-likeness (QED) is 0.688. The predicted octanol–water partition coefficient (Wildman–Crippen LogP) is 3.11. The molecule has 1 nitrogen and oxygen atoms in total. The highest BCUT2D eigenvalue weighted by molar-refractivity contribution is 5.64. The van der Waals surface area contributed by atoms with E-state index in [1.54, 1.807) is 0 Å². The van der Waals surface area contributed by atoms with Gasteiger partial charge in [0.25, 0.3) is 0 Å². The third-order valence-corrected chi connectivity index (χ3v) is 3.84. The number of carbonyl (C=O) groups excluding carboxylic acids is 1. The molecule has 1 aromatic rings. The lowest BCUT2D eigenvalue weighted by Gasteiger charge is -2.21. The summed E-state index contributed by atoms with van der Waals surface area (Å²) in [6.07, 6.45) is 2.15. The van der Waals surface area contributed by atoms with Gasteiger partial charge in [-0.15, -0.1) is 0 Å². The second-order valence-corrected chi connectivity index (χ2v) is 5.01. The first-order valence-corrected chi connectivity index (χ1v) is 5.63. The predicted molar refractivity (Wildman–Crippen MR) is 61.9 cm³/mol. The normalized spacial score (nSPS) is 29.2. The molecule has 2 unspecified atom stereocenters. The van der Waals surface area contributed by atoms with Gasteiger partial charge in [0, 0.05) is 11.3 Å². The van der Waals surface area contributed by atoms with Crippen LogP contribution in [0.5, 0.6) is 0 Å². The van der Waals surface area contributed by atoms with Crippen molar-refractivity contribution < 1.29 is 4.79 Å². The minimum absolute atomic E-state index is 0.134. The highest BCUT2D eigenvalue weighted by Gasteiger charge is 2.56. The number of aryl methyl sites for hydroxylation is 1. The number of hydrogen-bond acceptors (Lipinski definition) is 1. The Labute approximate surface area is 91.5 Å². The summed E-state index contributed by atoms with van der Waals surface area (Å²) in [6, 6.07) is 8.64. The SMILES string of the molecule is Cc1ccc(C2(C(C)C)CC2C=O)cc1. The Morgan fingerprint density at radius 2 is 1.93 bits per heavy atom. The van der Waals surface area contributed by atoms with E-state index in [0.29, 0.717) is 5.92 Å². The highest BCUT2D eigenvalue weighted by atomic mass is 16.1. The molecule has 2 rings (SSSR count). The van der Waals surface area contributed by atoms with Crippen molar-refractivity contribution >= 4 is 6.29 Å². The molecule has 1 saturated carbocycles. The Balaban J connectivity index is 2.36. The van der Waals surface area contributed by atoms with Gasteiger partial charge in [-0.1, -0.05) is 43.7 Å². The van der Waals surface area contributed by atoms with E-state index >= 15 is 0 Å². The third kappa shape index (κ3) is 1.50. The van der Waals surface area contributed by atoms with E-state index < -0.39 is 0 Å². The number of hydrogen-bond donors (Lipinski definition) is 0. The van der Waals surface area contributed by atoms with Gasteiger partial charge in [0.2, 0.25) is 0 Å². The molecule has 1 fully saturated rings. The van der Waals surface area contributed by atoms with Gasteiger partial charge in [0.15, 0.2) is 0 Å². The maximum atomic E-state index is 10.9. The standard InChI is InChI=1S/C14H18O/c1-10(2)14(8-13(14)9-15)12-6-4-11(3)5-7-12/h4-7,9-10,13H,8H2,1-3H3. The minimum atomic E-state index is 0.134. The lowest BCUT2D eigenvalue weighted by Crippen LogP contribution is -2.18. The van der Waals surface area contributed by atoms with Crippen molar-refractivity contribution in [1.82, 2.24) is 0 Å². The van der Waals surface area contributed by atoms with Crippen LogP contribution in [-0.2, 0) is 10.2 Å². The van der Waals surface area contributed by atoms with Crippen molar-refractivity contribution in [3.05, 3.63) is 35.4 Å². The fraction of sp³-hybridized carbons (Fsp3) is 0.500. The summed E-state index contributed by atoms with van der Waals surface area (Å²) in [5, 5.41) is 0. The van der Waals surface area contributed by atoms with Crippen LogP contribution in [0.3, 0.4) is 0 Å². The van der Waals surface area contributed by atoms with Crippen molar-refractivity contribution in [3.8, 4) is 0 Å². The van der Waals surface area contributed by atoms with Crippen LogP contribution in [-0.4, -0.2) is 6.29 Å². The largest absolute Gasteiger partial charge is 0.303 e. The van der Waals surface area contributed by atoms with Crippen molar-refractivity contribution in [2.24, 2.45) is 11.8 Å². The molecular formula is C14H18O. The number of benzene rings is 1. The lowest BCUT2D eigenvalue weighted by atomic mass is 9.83. The summed E-state index contributed by atoms with van der Waals surface area (Å²) in [7, 11) is 0. The first-order valence-electron chi connectivity index (χ1n) is 5.63. The highest BCUT2D eigenvalue weighted by Crippen LogP contribution is 2.58. The molecule has 0 heterocycles. The summed E-state index contributed by atoms with van der Waals surface area (Å²) in [4.78, 5) is 10.9. The molecule has 0 spiro atoms. The van der Waals surface area contributed by atoms with Crippen molar-refractivity contribution in [2.45, 2.75) is 32.6 Å². The molecule has 1 heteroatoms. The van der Waals surface area contributed by atoms with E-state index in [0.717, 1.165) is 12.7 Å². The topological polar surface area (TPSA) is 17.1 Å². The Hall–Kier alpha value is -1.11. The molecule has 0 N–H and O–H groups in total. The molecule has 15 heavy (non-hydrogen) atoms. The Kier molecular flexibility index (Phi) is 2.41. The Morgan fingerprint density at radius 3 is 2.33 bits per heavy atom. The van der Waals surface area contributed by atoms with E-state index in [1.807, 2.05) is 0 Å². The van der Waals surface area contributed by atoms with Crippen LogP contribution >= 0.6 is 0 Å². The molecule has 2 atom stereocenters. The fourth-order valence-corrected chi connectivity index (χ4v) is 2.67. The van der Waals surface area contributed by atoms with Gasteiger partial charge >= 0.3 is 0 Å². The molecule has 0 bridgehead atoms. The fourth-order valence-electron chi connectivity index (χ4n) is 2.67. The number of carbonyl (C=O) groups is 1. The Morgan fingerprint density at radius 1 is 1.33 bits per heavy atom. The van der Waals surface area contributed by atoms with Crippen LogP contribution in [0.15, 0.2) is 24.3 Å². The molecular weight excluding hydrogens is 184 g/mol. The van der Waals surface area contributed by atoms with Gasteiger partial charge in [0.05, 0.1) is 0 Å². The first-order chi connectivity index (χ1) is 7.11. The molecule has 1 aliphatic rings.